The maximum absolute atomic E-state index is 12.7. The smallest absolute Gasteiger partial charge is 0.310 e. The van der Waals surface area contributed by atoms with Crippen molar-refractivity contribution in [3.63, 3.8) is 0 Å². The maximum atomic E-state index is 12.7. The van der Waals surface area contributed by atoms with Gasteiger partial charge in [0.2, 0.25) is 0 Å². The number of amidine groups is 1. The highest BCUT2D eigenvalue weighted by Crippen LogP contribution is 2.49. The molecule has 2 rings (SSSR count). The van der Waals surface area contributed by atoms with Crippen LogP contribution in [-0.4, -0.2) is 19.8 Å². The highest BCUT2D eigenvalue weighted by molar-refractivity contribution is 9.08. The molecule has 0 radical (unpaired) electrons. The molecule has 26 heavy (non-hydrogen) atoms. The number of hydrogen-bond acceptors (Lipinski definition) is 2. The zero-order valence-corrected chi connectivity index (χ0v) is 17.4. The molecule has 0 bridgehead atoms. The van der Waals surface area contributed by atoms with E-state index >= 15 is 0 Å². The van der Waals surface area contributed by atoms with Gasteiger partial charge in [-0.05, 0) is 37.0 Å². The van der Waals surface area contributed by atoms with Gasteiger partial charge in [0.05, 0.1) is 0 Å². The lowest BCUT2D eigenvalue weighted by Gasteiger charge is -2.41. The summed E-state index contributed by atoms with van der Waals surface area (Å²) in [6.45, 7) is 0. The van der Waals surface area contributed by atoms with E-state index in [1.54, 1.807) is 0 Å². The fourth-order valence-electron chi connectivity index (χ4n) is 4.67. The van der Waals surface area contributed by atoms with Crippen molar-refractivity contribution in [1.29, 1.82) is 0 Å². The van der Waals surface area contributed by atoms with Gasteiger partial charge < -0.3 is 4.34 Å². The minimum atomic E-state index is -5.54. The largest absolute Gasteiger partial charge is 0.518 e. The Hall–Kier alpha value is -0.310. The predicted octanol–water partition coefficient (Wildman–Crippen LogP) is 5.84. The van der Waals surface area contributed by atoms with Gasteiger partial charge in [0.1, 0.15) is 5.84 Å². The number of nitrogens with one attached hydrogen (secondary N) is 1. The van der Waals surface area contributed by atoms with Crippen molar-refractivity contribution in [2.24, 2.45) is 15.7 Å². The van der Waals surface area contributed by atoms with Crippen LogP contribution in [0.25, 0.3) is 0 Å². The van der Waals surface area contributed by atoms with Crippen LogP contribution in [0.15, 0.2) is 4.40 Å². The zero-order valence-electron chi connectivity index (χ0n) is 15.0. The van der Waals surface area contributed by atoms with Gasteiger partial charge in [0.25, 0.3) is 0 Å². The molecule has 9 heteroatoms. The molecule has 0 unspecified atom stereocenters. The molecule has 0 aromatic rings. The summed E-state index contributed by atoms with van der Waals surface area (Å²) in [6, 6.07) is 0. The van der Waals surface area contributed by atoms with Gasteiger partial charge >= 0.3 is 15.5 Å². The van der Waals surface area contributed by atoms with Crippen LogP contribution in [0.3, 0.4) is 0 Å². The zero-order chi connectivity index (χ0) is 19.3. The van der Waals surface area contributed by atoms with Crippen molar-refractivity contribution < 1.29 is 21.6 Å². The summed E-state index contributed by atoms with van der Waals surface area (Å²) in [7, 11) is -5.54. The molecule has 2 fully saturated rings. The molecule has 4 nitrogen and oxygen atoms in total. The first-order valence-corrected chi connectivity index (χ1v) is 11.7. The first-order chi connectivity index (χ1) is 12.2. The molecular formula is C17H28BrF3N2O2S. The van der Waals surface area contributed by atoms with Crippen LogP contribution in [0.5, 0.6) is 0 Å². The minimum absolute atomic E-state index is 0.131. The lowest BCUT2D eigenvalue weighted by molar-refractivity contribution is -0.0435. The molecule has 0 amide bonds. The summed E-state index contributed by atoms with van der Waals surface area (Å²) < 4.78 is 66.8. The molecule has 0 spiro atoms. The topological polar surface area (TPSA) is 58.5 Å². The van der Waals surface area contributed by atoms with Crippen molar-refractivity contribution in [3.8, 4) is 0 Å². The number of nitrogens with zero attached hydrogens (tertiary/aromatic N) is 1. The summed E-state index contributed by atoms with van der Waals surface area (Å²) in [6.07, 6.45) is 13.3. The Morgan fingerprint density at radius 2 is 1.50 bits per heavy atom. The van der Waals surface area contributed by atoms with E-state index < -0.39 is 15.5 Å². The van der Waals surface area contributed by atoms with Crippen LogP contribution in [0.1, 0.15) is 83.5 Å². The molecule has 0 heterocycles. The van der Waals surface area contributed by atoms with E-state index in [1.807, 2.05) is 0 Å². The lowest BCUT2D eigenvalue weighted by atomic mass is 9.65. The number of alkyl halides is 3. The van der Waals surface area contributed by atoms with E-state index in [0.717, 1.165) is 64.2 Å². The second-order valence-electron chi connectivity index (χ2n) is 7.70. The number of halogens is 4. The Labute approximate surface area is 162 Å². The second kappa shape index (κ2) is 9.26. The maximum Gasteiger partial charge on any atom is 0.518 e. The monoisotopic (exact) mass is 460 g/mol. The molecule has 0 saturated heterocycles. The average Bonchev–Trinajstić information content (AvgIpc) is 2.96. The molecule has 2 aliphatic rings. The Morgan fingerprint density at radius 3 is 1.96 bits per heavy atom. The molecule has 0 aromatic carbocycles. The van der Waals surface area contributed by atoms with Gasteiger partial charge in [-0.25, -0.2) is 0 Å². The SMILES string of the molecule is O=S(=O)(N=C(CC1(C2CCCCCC2)CCCCCC1)NBr)C(F)(F)F. The van der Waals surface area contributed by atoms with Crippen LogP contribution >= 0.6 is 16.1 Å². The van der Waals surface area contributed by atoms with Crippen molar-refractivity contribution in [2.75, 3.05) is 0 Å². The van der Waals surface area contributed by atoms with Crippen LogP contribution in [0.4, 0.5) is 13.2 Å². The van der Waals surface area contributed by atoms with Gasteiger partial charge in [0, 0.05) is 22.6 Å². The van der Waals surface area contributed by atoms with Crippen molar-refractivity contribution in [3.05, 3.63) is 0 Å². The van der Waals surface area contributed by atoms with Gasteiger partial charge in [-0.2, -0.15) is 21.6 Å². The predicted molar refractivity (Wildman–Crippen MR) is 100 cm³/mol. The molecular weight excluding hydrogens is 433 g/mol. The minimum Gasteiger partial charge on any atom is -0.310 e. The Balaban J connectivity index is 2.32. The van der Waals surface area contributed by atoms with Crippen LogP contribution < -0.4 is 4.34 Å². The van der Waals surface area contributed by atoms with E-state index in [4.69, 9.17) is 0 Å². The lowest BCUT2D eigenvalue weighted by Crippen LogP contribution is -2.36. The van der Waals surface area contributed by atoms with Gasteiger partial charge in [-0.1, -0.05) is 51.4 Å². The first-order valence-electron chi connectivity index (χ1n) is 9.47. The molecule has 1 N–H and O–H groups in total. The molecule has 152 valence electrons. The third-order valence-corrected chi connectivity index (χ3v) is 7.48. The second-order valence-corrected chi connectivity index (χ2v) is 9.69. The fourth-order valence-corrected chi connectivity index (χ4v) is 5.52. The van der Waals surface area contributed by atoms with E-state index in [2.05, 4.69) is 24.9 Å². The number of hydrogen-bond donors (Lipinski definition) is 1. The normalized spacial score (nSPS) is 23.9. The van der Waals surface area contributed by atoms with Crippen molar-refractivity contribution in [2.45, 2.75) is 89.0 Å². The summed E-state index contributed by atoms with van der Waals surface area (Å²) in [5.74, 6) is 0.288. The summed E-state index contributed by atoms with van der Waals surface area (Å²) >= 11 is 2.93. The highest BCUT2D eigenvalue weighted by Gasteiger charge is 2.47. The van der Waals surface area contributed by atoms with Gasteiger partial charge in [0.15, 0.2) is 0 Å². The molecule has 0 aromatic heterocycles. The van der Waals surface area contributed by atoms with Crippen molar-refractivity contribution in [1.82, 2.24) is 4.34 Å². The van der Waals surface area contributed by atoms with Crippen LogP contribution in [0.2, 0.25) is 0 Å². The fraction of sp³-hybridized carbons (Fsp3) is 0.941. The average molecular weight is 461 g/mol. The first kappa shape index (κ1) is 22.0. The van der Waals surface area contributed by atoms with Gasteiger partial charge in [-0.3, -0.25) is 0 Å². The number of sulfonamides is 1. The standard InChI is InChI=1S/C17H28BrF3N2O2S/c18-22-15(23-26(24,25)17(19,20)21)13-16(11-7-3-4-8-12-16)14-9-5-1-2-6-10-14/h14H,1-13H2,(H,22,23). The summed E-state index contributed by atoms with van der Waals surface area (Å²) in [4.78, 5) is 0. The quantitative estimate of drug-likeness (QED) is 0.248. The van der Waals surface area contributed by atoms with E-state index in [-0.39, 0.29) is 17.7 Å². The van der Waals surface area contributed by atoms with Crippen molar-refractivity contribution >= 4 is 32.0 Å². The summed E-state index contributed by atoms with van der Waals surface area (Å²) in [5.41, 5.74) is -5.54. The van der Waals surface area contributed by atoms with Crippen LogP contribution in [-0.2, 0) is 10.0 Å². The Kier molecular flexibility index (Phi) is 7.83. The third-order valence-electron chi connectivity index (χ3n) is 5.97. The molecule has 2 saturated carbocycles. The van der Waals surface area contributed by atoms with Gasteiger partial charge in [-0.15, -0.1) is 4.40 Å². The van der Waals surface area contributed by atoms with E-state index in [9.17, 15) is 21.6 Å². The molecule has 0 atom stereocenters. The Bertz CT molecular complexity index is 577. The number of rotatable bonds is 4. The Morgan fingerprint density at radius 1 is 1.00 bits per heavy atom. The molecule has 0 aliphatic heterocycles. The highest BCUT2D eigenvalue weighted by atomic mass is 79.9. The van der Waals surface area contributed by atoms with Crippen LogP contribution in [0, 0.1) is 11.3 Å². The van der Waals surface area contributed by atoms with E-state index in [0.29, 0.717) is 5.92 Å². The molecule has 2 aliphatic carbocycles. The summed E-state index contributed by atoms with van der Waals surface area (Å²) in [5, 5.41) is 0. The van der Waals surface area contributed by atoms with E-state index in [1.165, 1.54) is 12.8 Å². The third kappa shape index (κ3) is 5.59.